The second kappa shape index (κ2) is 61.6. The van der Waals surface area contributed by atoms with Crippen LogP contribution in [-0.4, -0.2) is 37.2 Å². The van der Waals surface area contributed by atoms with Gasteiger partial charge in [-0.25, -0.2) is 0 Å². The molecule has 422 valence electrons. The van der Waals surface area contributed by atoms with Gasteiger partial charge in [-0.05, 0) is 96.3 Å². The lowest BCUT2D eigenvalue weighted by Crippen LogP contribution is -2.30. The molecule has 74 heavy (non-hydrogen) atoms. The van der Waals surface area contributed by atoms with Gasteiger partial charge >= 0.3 is 17.9 Å². The molecule has 0 radical (unpaired) electrons. The molecular weight excluding hydrogens is 913 g/mol. The highest BCUT2D eigenvalue weighted by molar-refractivity contribution is 5.71. The standard InChI is InChI=1S/C68H114O6/c1-4-7-10-13-16-19-22-25-28-30-31-32-33-34-35-36-37-39-40-43-46-49-52-55-58-61-67(70)73-64-65(63-72-66(69)60-57-54-51-48-45-42-27-24-21-18-15-12-9-6-3)74-68(71)62-59-56-53-50-47-44-41-38-29-26-23-20-17-14-11-8-5-2/h7-8,10-11,16-17,19-20,25-26,28-29,31-32,41,44,50,53,65H,4-6,9,12-15,18,21-24,27,30,33-40,42-43,45-49,51-52,54-64H2,1-3H3/b10-7-,11-8-,19-16-,20-17-,28-25-,29-26-,32-31-,44-41-,53-50-. The summed E-state index contributed by atoms with van der Waals surface area (Å²) in [7, 11) is 0. The van der Waals surface area contributed by atoms with Crippen LogP contribution in [0, 0.1) is 0 Å². The summed E-state index contributed by atoms with van der Waals surface area (Å²) >= 11 is 0. The normalized spacial score (nSPS) is 12.9. The summed E-state index contributed by atoms with van der Waals surface area (Å²) in [6.07, 6.45) is 83.8. The van der Waals surface area contributed by atoms with Crippen LogP contribution in [-0.2, 0) is 28.6 Å². The van der Waals surface area contributed by atoms with Crippen LogP contribution in [0.1, 0.15) is 284 Å². The van der Waals surface area contributed by atoms with E-state index in [-0.39, 0.29) is 37.5 Å². The van der Waals surface area contributed by atoms with Crippen LogP contribution >= 0.6 is 0 Å². The van der Waals surface area contributed by atoms with E-state index in [4.69, 9.17) is 14.2 Å². The van der Waals surface area contributed by atoms with Gasteiger partial charge in [0.2, 0.25) is 0 Å². The molecule has 1 unspecified atom stereocenters. The molecule has 0 aromatic heterocycles. The lowest BCUT2D eigenvalue weighted by atomic mass is 10.0. The molecule has 0 aliphatic heterocycles. The third kappa shape index (κ3) is 59.0. The molecule has 0 rings (SSSR count). The zero-order valence-electron chi connectivity index (χ0n) is 48.3. The molecule has 0 fully saturated rings. The Balaban J connectivity index is 4.38. The Morgan fingerprint density at radius 2 is 0.541 bits per heavy atom. The summed E-state index contributed by atoms with van der Waals surface area (Å²) in [6.45, 7) is 6.38. The molecule has 0 aromatic carbocycles. The lowest BCUT2D eigenvalue weighted by Gasteiger charge is -2.18. The van der Waals surface area contributed by atoms with Crippen molar-refractivity contribution in [2.75, 3.05) is 13.2 Å². The van der Waals surface area contributed by atoms with Crippen molar-refractivity contribution in [1.82, 2.24) is 0 Å². The highest BCUT2D eigenvalue weighted by Gasteiger charge is 2.19. The van der Waals surface area contributed by atoms with Crippen molar-refractivity contribution in [3.05, 3.63) is 109 Å². The fourth-order valence-electron chi connectivity index (χ4n) is 8.47. The second-order valence-corrected chi connectivity index (χ2v) is 20.2. The van der Waals surface area contributed by atoms with E-state index in [1.807, 2.05) is 0 Å². The van der Waals surface area contributed by atoms with Crippen LogP contribution in [0.3, 0.4) is 0 Å². The summed E-state index contributed by atoms with van der Waals surface area (Å²) < 4.78 is 16.9. The topological polar surface area (TPSA) is 78.9 Å². The summed E-state index contributed by atoms with van der Waals surface area (Å²) in [5.41, 5.74) is 0. The number of carbonyl (C=O) groups excluding carboxylic acids is 3. The van der Waals surface area contributed by atoms with E-state index in [9.17, 15) is 14.4 Å². The van der Waals surface area contributed by atoms with Crippen molar-refractivity contribution in [3.8, 4) is 0 Å². The number of hydrogen-bond donors (Lipinski definition) is 0. The predicted octanol–water partition coefficient (Wildman–Crippen LogP) is 21.0. The van der Waals surface area contributed by atoms with Crippen LogP contribution < -0.4 is 0 Å². The molecule has 0 aliphatic carbocycles. The third-order valence-electron chi connectivity index (χ3n) is 13.0. The largest absolute Gasteiger partial charge is 0.462 e. The van der Waals surface area contributed by atoms with E-state index < -0.39 is 6.10 Å². The Kier molecular flexibility index (Phi) is 58.3. The van der Waals surface area contributed by atoms with E-state index >= 15 is 0 Å². The van der Waals surface area contributed by atoms with Crippen molar-refractivity contribution < 1.29 is 28.6 Å². The number of unbranched alkanes of at least 4 members (excludes halogenated alkanes) is 26. The first-order valence-electron chi connectivity index (χ1n) is 30.9. The maximum absolute atomic E-state index is 12.9. The molecule has 0 aliphatic rings. The van der Waals surface area contributed by atoms with Gasteiger partial charge in [-0.1, -0.05) is 278 Å². The lowest BCUT2D eigenvalue weighted by molar-refractivity contribution is -0.167. The van der Waals surface area contributed by atoms with Gasteiger partial charge in [0.05, 0.1) is 0 Å². The Morgan fingerprint density at radius 1 is 0.284 bits per heavy atom. The molecule has 0 bridgehead atoms. The van der Waals surface area contributed by atoms with Crippen LogP contribution in [0.25, 0.3) is 0 Å². The number of allylic oxidation sites excluding steroid dienone is 18. The van der Waals surface area contributed by atoms with Gasteiger partial charge < -0.3 is 14.2 Å². The minimum Gasteiger partial charge on any atom is -0.462 e. The molecule has 6 heteroatoms. The molecular formula is C68H114O6. The fourth-order valence-corrected chi connectivity index (χ4v) is 8.47. The molecule has 0 saturated carbocycles. The summed E-state index contributed by atoms with van der Waals surface area (Å²) in [5.74, 6) is -0.953. The van der Waals surface area contributed by atoms with E-state index in [0.717, 1.165) is 103 Å². The zero-order valence-corrected chi connectivity index (χ0v) is 48.3. The number of esters is 3. The number of hydrogen-bond acceptors (Lipinski definition) is 6. The van der Waals surface area contributed by atoms with Crippen molar-refractivity contribution in [2.45, 2.75) is 290 Å². The SMILES string of the molecule is CC/C=C\C/C=C\C/C=C\C/C=C\C/C=C\CCCC(=O)OC(COC(=O)CCCCCCCCCCCCCC/C=C\C/C=C\C/C=C\C/C=C\CC)COC(=O)CCCCCCCCCCCCCCCC. The predicted molar refractivity (Wildman–Crippen MR) is 320 cm³/mol. The Morgan fingerprint density at radius 3 is 0.865 bits per heavy atom. The van der Waals surface area contributed by atoms with E-state index in [0.29, 0.717) is 19.3 Å². The minimum absolute atomic E-state index is 0.0993. The first-order valence-corrected chi connectivity index (χ1v) is 30.9. The molecule has 0 spiro atoms. The number of ether oxygens (including phenoxy) is 3. The van der Waals surface area contributed by atoms with E-state index in [2.05, 4.69) is 130 Å². The molecule has 1 atom stereocenters. The van der Waals surface area contributed by atoms with Gasteiger partial charge in [-0.2, -0.15) is 0 Å². The third-order valence-corrected chi connectivity index (χ3v) is 13.0. The van der Waals surface area contributed by atoms with Gasteiger partial charge in [-0.3, -0.25) is 14.4 Å². The first kappa shape index (κ1) is 70.1. The smallest absolute Gasteiger partial charge is 0.306 e. The first-order chi connectivity index (χ1) is 36.5. The monoisotopic (exact) mass is 1030 g/mol. The van der Waals surface area contributed by atoms with Crippen LogP contribution in [0.15, 0.2) is 109 Å². The van der Waals surface area contributed by atoms with Gasteiger partial charge in [0.25, 0.3) is 0 Å². The van der Waals surface area contributed by atoms with Crippen molar-refractivity contribution >= 4 is 17.9 Å². The zero-order chi connectivity index (χ0) is 53.6. The number of rotatable bonds is 55. The van der Waals surface area contributed by atoms with Gasteiger partial charge in [0.15, 0.2) is 6.10 Å². The average Bonchev–Trinajstić information content (AvgIpc) is 3.40. The minimum atomic E-state index is -0.809. The van der Waals surface area contributed by atoms with Gasteiger partial charge in [0, 0.05) is 19.3 Å². The van der Waals surface area contributed by atoms with Crippen LogP contribution in [0.2, 0.25) is 0 Å². The van der Waals surface area contributed by atoms with E-state index in [1.54, 1.807) is 0 Å². The van der Waals surface area contributed by atoms with Gasteiger partial charge in [-0.15, -0.1) is 0 Å². The molecule has 0 saturated heterocycles. The maximum Gasteiger partial charge on any atom is 0.306 e. The summed E-state index contributed by atoms with van der Waals surface area (Å²) in [5, 5.41) is 0. The summed E-state index contributed by atoms with van der Waals surface area (Å²) in [6, 6.07) is 0. The Labute approximate surface area is 457 Å². The quantitative estimate of drug-likeness (QED) is 0.0261. The van der Waals surface area contributed by atoms with Crippen molar-refractivity contribution in [2.24, 2.45) is 0 Å². The van der Waals surface area contributed by atoms with Crippen molar-refractivity contribution in [3.63, 3.8) is 0 Å². The second-order valence-electron chi connectivity index (χ2n) is 20.2. The Hall–Kier alpha value is -3.93. The van der Waals surface area contributed by atoms with Gasteiger partial charge in [0.1, 0.15) is 13.2 Å². The van der Waals surface area contributed by atoms with Crippen LogP contribution in [0.5, 0.6) is 0 Å². The fraction of sp³-hybridized carbons (Fsp3) is 0.691. The Bertz CT molecular complexity index is 1510. The molecule has 0 aromatic rings. The van der Waals surface area contributed by atoms with Crippen molar-refractivity contribution in [1.29, 1.82) is 0 Å². The van der Waals surface area contributed by atoms with Crippen LogP contribution in [0.4, 0.5) is 0 Å². The molecule has 6 nitrogen and oxygen atoms in total. The highest BCUT2D eigenvalue weighted by Crippen LogP contribution is 2.16. The summed E-state index contributed by atoms with van der Waals surface area (Å²) in [4.78, 5) is 38.2. The number of carbonyl (C=O) groups is 3. The molecule has 0 N–H and O–H groups in total. The maximum atomic E-state index is 12.9. The molecule has 0 heterocycles. The highest BCUT2D eigenvalue weighted by atomic mass is 16.6. The average molecular weight is 1030 g/mol. The molecule has 0 amide bonds. The van der Waals surface area contributed by atoms with E-state index in [1.165, 1.54) is 135 Å².